The first kappa shape index (κ1) is 8.49. The van der Waals surface area contributed by atoms with E-state index in [1.807, 2.05) is 7.05 Å². The lowest BCUT2D eigenvalue weighted by atomic mass is 10.2. The van der Waals surface area contributed by atoms with Crippen molar-refractivity contribution in [3.63, 3.8) is 0 Å². The van der Waals surface area contributed by atoms with Crippen LogP contribution in [0.5, 0.6) is 0 Å². The summed E-state index contributed by atoms with van der Waals surface area (Å²) in [6.07, 6.45) is 4.83. The topological polar surface area (TPSA) is 95.6 Å². The van der Waals surface area contributed by atoms with Gasteiger partial charge in [0.05, 0.1) is 17.6 Å². The van der Waals surface area contributed by atoms with Crippen LogP contribution in [0.1, 0.15) is 0 Å². The molecular formula is C8H10N6. The van der Waals surface area contributed by atoms with E-state index in [1.54, 1.807) is 23.3 Å². The van der Waals surface area contributed by atoms with Gasteiger partial charge in [-0.25, -0.2) is 9.97 Å². The number of hydrogen-bond donors (Lipinski definition) is 2. The zero-order valence-corrected chi connectivity index (χ0v) is 7.68. The summed E-state index contributed by atoms with van der Waals surface area (Å²) in [5, 5.41) is 4.02. The van der Waals surface area contributed by atoms with Crippen molar-refractivity contribution >= 4 is 11.6 Å². The summed E-state index contributed by atoms with van der Waals surface area (Å²) in [6, 6.07) is 0. The quantitative estimate of drug-likeness (QED) is 0.662. The summed E-state index contributed by atoms with van der Waals surface area (Å²) in [7, 11) is 1.81. The Morgan fingerprint density at radius 1 is 1.14 bits per heavy atom. The molecule has 2 aromatic heterocycles. The van der Waals surface area contributed by atoms with Crippen LogP contribution in [0.2, 0.25) is 0 Å². The Kier molecular flexibility index (Phi) is 1.81. The molecule has 0 aliphatic heterocycles. The average Bonchev–Trinajstić information content (AvgIpc) is 2.49. The van der Waals surface area contributed by atoms with E-state index >= 15 is 0 Å². The smallest absolute Gasteiger partial charge is 0.219 e. The highest BCUT2D eigenvalue weighted by atomic mass is 15.3. The summed E-state index contributed by atoms with van der Waals surface area (Å²) in [4.78, 5) is 7.77. The Morgan fingerprint density at radius 2 is 1.79 bits per heavy atom. The Labute approximate surface area is 80.6 Å². The van der Waals surface area contributed by atoms with E-state index in [0.29, 0.717) is 5.69 Å². The summed E-state index contributed by atoms with van der Waals surface area (Å²) in [5.41, 5.74) is 13.3. The molecule has 0 radical (unpaired) electrons. The third-order valence-electron chi connectivity index (χ3n) is 1.91. The van der Waals surface area contributed by atoms with Gasteiger partial charge in [0.2, 0.25) is 5.95 Å². The molecule has 0 saturated heterocycles. The zero-order valence-electron chi connectivity index (χ0n) is 7.68. The summed E-state index contributed by atoms with van der Waals surface area (Å²) >= 11 is 0. The Hall–Kier alpha value is -2.11. The molecule has 2 rings (SSSR count). The van der Waals surface area contributed by atoms with Crippen LogP contribution >= 0.6 is 0 Å². The molecule has 0 aliphatic rings. The van der Waals surface area contributed by atoms with Crippen molar-refractivity contribution in [1.82, 2.24) is 19.7 Å². The third kappa shape index (κ3) is 1.26. The van der Waals surface area contributed by atoms with Gasteiger partial charge in [-0.15, -0.1) is 0 Å². The van der Waals surface area contributed by atoms with Gasteiger partial charge in [0.1, 0.15) is 0 Å². The minimum Gasteiger partial charge on any atom is -0.396 e. The van der Waals surface area contributed by atoms with Crippen LogP contribution in [0.3, 0.4) is 0 Å². The van der Waals surface area contributed by atoms with Crippen molar-refractivity contribution in [2.24, 2.45) is 7.05 Å². The fraction of sp³-hybridized carbons (Fsp3) is 0.125. The maximum atomic E-state index is 5.74. The first-order chi connectivity index (χ1) is 6.68. The standard InChI is InChI=1S/C8H10N6/c1-14-7(6(9)4-13-14)5-2-11-8(10)12-3-5/h2-4H,9H2,1H3,(H2,10,11,12). The Bertz CT molecular complexity index is 424. The van der Waals surface area contributed by atoms with Crippen molar-refractivity contribution in [1.29, 1.82) is 0 Å². The van der Waals surface area contributed by atoms with Gasteiger partial charge in [-0.05, 0) is 0 Å². The molecule has 0 aliphatic carbocycles. The molecule has 6 heteroatoms. The van der Waals surface area contributed by atoms with Crippen molar-refractivity contribution in [3.8, 4) is 11.3 Å². The molecule has 6 nitrogen and oxygen atoms in total. The number of nitrogens with two attached hydrogens (primary N) is 2. The van der Waals surface area contributed by atoms with Crippen LogP contribution in [0.15, 0.2) is 18.6 Å². The van der Waals surface area contributed by atoms with Crippen molar-refractivity contribution in [3.05, 3.63) is 18.6 Å². The molecule has 2 aromatic rings. The van der Waals surface area contributed by atoms with Gasteiger partial charge in [0, 0.05) is 25.0 Å². The minimum absolute atomic E-state index is 0.245. The van der Waals surface area contributed by atoms with Gasteiger partial charge in [-0.1, -0.05) is 0 Å². The van der Waals surface area contributed by atoms with Crippen LogP contribution < -0.4 is 11.5 Å². The van der Waals surface area contributed by atoms with Crippen LogP contribution in [-0.4, -0.2) is 19.7 Å². The van der Waals surface area contributed by atoms with Gasteiger partial charge >= 0.3 is 0 Å². The largest absolute Gasteiger partial charge is 0.396 e. The summed E-state index contributed by atoms with van der Waals surface area (Å²) in [5.74, 6) is 0.245. The number of aryl methyl sites for hydroxylation is 1. The zero-order chi connectivity index (χ0) is 10.1. The Balaban J connectivity index is 2.54. The maximum absolute atomic E-state index is 5.74. The molecular weight excluding hydrogens is 180 g/mol. The number of nitrogens with zero attached hydrogens (tertiary/aromatic N) is 4. The molecule has 72 valence electrons. The van der Waals surface area contributed by atoms with Crippen molar-refractivity contribution in [2.45, 2.75) is 0 Å². The molecule has 0 aromatic carbocycles. The first-order valence-corrected chi connectivity index (χ1v) is 4.04. The Morgan fingerprint density at radius 3 is 2.29 bits per heavy atom. The van der Waals surface area contributed by atoms with Gasteiger partial charge in [0.15, 0.2) is 0 Å². The van der Waals surface area contributed by atoms with E-state index in [-0.39, 0.29) is 5.95 Å². The fourth-order valence-electron chi connectivity index (χ4n) is 1.27. The molecule has 0 fully saturated rings. The number of aromatic nitrogens is 4. The summed E-state index contributed by atoms with van der Waals surface area (Å²) < 4.78 is 1.67. The van der Waals surface area contributed by atoms with Crippen LogP contribution in [0, 0.1) is 0 Å². The van der Waals surface area contributed by atoms with Crippen LogP contribution in [-0.2, 0) is 7.05 Å². The lowest BCUT2D eigenvalue weighted by Crippen LogP contribution is -1.99. The normalized spacial score (nSPS) is 10.4. The highest BCUT2D eigenvalue weighted by Crippen LogP contribution is 2.23. The lowest BCUT2D eigenvalue weighted by molar-refractivity contribution is 0.775. The number of anilines is 2. The van der Waals surface area contributed by atoms with Crippen molar-refractivity contribution in [2.75, 3.05) is 11.5 Å². The third-order valence-corrected chi connectivity index (χ3v) is 1.91. The van der Waals surface area contributed by atoms with Crippen LogP contribution in [0.25, 0.3) is 11.3 Å². The monoisotopic (exact) mass is 190 g/mol. The number of rotatable bonds is 1. The second-order valence-corrected chi connectivity index (χ2v) is 2.90. The second kappa shape index (κ2) is 2.99. The van der Waals surface area contributed by atoms with Gasteiger partial charge in [-0.2, -0.15) is 5.10 Å². The molecule has 0 spiro atoms. The first-order valence-electron chi connectivity index (χ1n) is 4.04. The SMILES string of the molecule is Cn1ncc(N)c1-c1cnc(N)nc1. The van der Waals surface area contributed by atoms with Gasteiger partial charge in [0.25, 0.3) is 0 Å². The van der Waals surface area contributed by atoms with Crippen LogP contribution in [0.4, 0.5) is 11.6 Å². The summed E-state index contributed by atoms with van der Waals surface area (Å²) in [6.45, 7) is 0. The highest BCUT2D eigenvalue weighted by molar-refractivity contribution is 5.71. The van der Waals surface area contributed by atoms with E-state index < -0.39 is 0 Å². The highest BCUT2D eigenvalue weighted by Gasteiger charge is 2.08. The molecule has 14 heavy (non-hydrogen) atoms. The average molecular weight is 190 g/mol. The molecule has 0 bridgehead atoms. The molecule has 0 unspecified atom stereocenters. The van der Waals surface area contributed by atoms with Gasteiger partial charge < -0.3 is 11.5 Å². The van der Waals surface area contributed by atoms with E-state index in [9.17, 15) is 0 Å². The van der Waals surface area contributed by atoms with Gasteiger partial charge in [-0.3, -0.25) is 4.68 Å². The maximum Gasteiger partial charge on any atom is 0.219 e. The molecule has 2 heterocycles. The van der Waals surface area contributed by atoms with E-state index in [4.69, 9.17) is 11.5 Å². The molecule has 4 N–H and O–H groups in total. The second-order valence-electron chi connectivity index (χ2n) is 2.90. The molecule has 0 amide bonds. The van der Waals surface area contributed by atoms with E-state index in [1.165, 1.54) is 0 Å². The molecule has 0 saturated carbocycles. The predicted molar refractivity (Wildman–Crippen MR) is 53.1 cm³/mol. The lowest BCUT2D eigenvalue weighted by Gasteiger charge is -2.02. The number of hydrogen-bond acceptors (Lipinski definition) is 5. The predicted octanol–water partition coefficient (Wildman–Crippen LogP) is 0.0415. The molecule has 0 atom stereocenters. The minimum atomic E-state index is 0.245. The fourth-order valence-corrected chi connectivity index (χ4v) is 1.27. The van der Waals surface area contributed by atoms with E-state index in [2.05, 4.69) is 15.1 Å². The van der Waals surface area contributed by atoms with E-state index in [0.717, 1.165) is 11.3 Å². The number of nitrogen functional groups attached to an aromatic ring is 2. The van der Waals surface area contributed by atoms with Crippen molar-refractivity contribution < 1.29 is 0 Å².